The number of carbonyl (C=O) groups excluding carboxylic acids is 1. The molecule has 0 spiro atoms. The van der Waals surface area contributed by atoms with E-state index in [4.69, 9.17) is 14.2 Å². The second kappa shape index (κ2) is 12.1. The van der Waals surface area contributed by atoms with Gasteiger partial charge in [0, 0.05) is 30.9 Å². The van der Waals surface area contributed by atoms with Gasteiger partial charge in [-0.1, -0.05) is 18.2 Å². The van der Waals surface area contributed by atoms with E-state index in [1.807, 2.05) is 24.3 Å². The number of rotatable bonds is 10. The molecule has 1 aliphatic rings. The molecule has 1 saturated heterocycles. The highest BCUT2D eigenvalue weighted by atomic mass is 32.2. The smallest absolute Gasteiger partial charge is 0.261 e. The van der Waals surface area contributed by atoms with Crippen molar-refractivity contribution in [3.8, 4) is 11.5 Å². The van der Waals surface area contributed by atoms with Crippen molar-refractivity contribution < 1.29 is 27.4 Å². The van der Waals surface area contributed by atoms with Crippen molar-refractivity contribution in [1.29, 1.82) is 0 Å². The van der Waals surface area contributed by atoms with Crippen molar-refractivity contribution in [3.05, 3.63) is 83.9 Å². The topological polar surface area (TPSA) is 106 Å². The Morgan fingerprint density at radius 1 is 0.946 bits per heavy atom. The first-order chi connectivity index (χ1) is 17.9. The first kappa shape index (κ1) is 26.5. The van der Waals surface area contributed by atoms with Gasteiger partial charge in [0.15, 0.2) is 0 Å². The zero-order valence-corrected chi connectivity index (χ0v) is 21.7. The molecule has 0 unspecified atom stereocenters. The largest absolute Gasteiger partial charge is 0.497 e. The summed E-state index contributed by atoms with van der Waals surface area (Å²) < 4.78 is 44.3. The first-order valence-corrected chi connectivity index (χ1v) is 13.4. The number of morpholine rings is 1. The van der Waals surface area contributed by atoms with E-state index in [9.17, 15) is 13.2 Å². The number of methoxy groups -OCH3 is 2. The van der Waals surface area contributed by atoms with Crippen molar-refractivity contribution >= 4 is 21.6 Å². The minimum Gasteiger partial charge on any atom is -0.497 e. The number of amides is 1. The summed E-state index contributed by atoms with van der Waals surface area (Å²) >= 11 is 0. The fourth-order valence-corrected chi connectivity index (χ4v) is 5.25. The average Bonchev–Trinajstić information content (AvgIpc) is 2.94. The summed E-state index contributed by atoms with van der Waals surface area (Å²) in [6.07, 6.45) is 0. The monoisotopic (exact) mass is 525 g/mol. The molecule has 0 aromatic heterocycles. The fourth-order valence-electron chi connectivity index (χ4n) is 4.14. The van der Waals surface area contributed by atoms with Crippen LogP contribution in [0.3, 0.4) is 0 Å². The van der Waals surface area contributed by atoms with E-state index in [1.54, 1.807) is 43.5 Å². The lowest BCUT2D eigenvalue weighted by atomic mass is 10.0. The van der Waals surface area contributed by atoms with Gasteiger partial charge in [-0.3, -0.25) is 14.4 Å². The summed E-state index contributed by atoms with van der Waals surface area (Å²) in [5.74, 6) is 1.02. The number of hydrogen-bond donors (Lipinski definition) is 2. The lowest BCUT2D eigenvalue weighted by Gasteiger charge is -2.35. The fraction of sp³-hybridized carbons (Fsp3) is 0.296. The van der Waals surface area contributed by atoms with Gasteiger partial charge in [-0.2, -0.15) is 0 Å². The molecule has 4 rings (SSSR count). The van der Waals surface area contributed by atoms with Crippen LogP contribution in [0.1, 0.15) is 22.0 Å². The number of nitrogens with zero attached hydrogens (tertiary/aromatic N) is 1. The Morgan fingerprint density at radius 3 is 2.19 bits per heavy atom. The predicted molar refractivity (Wildman–Crippen MR) is 141 cm³/mol. The number of sulfonamides is 1. The molecular formula is C27H31N3O6S. The van der Waals surface area contributed by atoms with Gasteiger partial charge in [-0.05, 0) is 60.2 Å². The SMILES string of the molecule is COc1ccc(NS(=O)(=O)c2cccc(C(=O)NC[C@@H](c3ccc(OC)cc3)N3CCOCC3)c2)cc1. The third kappa shape index (κ3) is 6.79. The van der Waals surface area contributed by atoms with Gasteiger partial charge < -0.3 is 19.5 Å². The maximum atomic E-state index is 13.1. The Kier molecular flexibility index (Phi) is 8.65. The van der Waals surface area contributed by atoms with Crippen molar-refractivity contribution in [2.45, 2.75) is 10.9 Å². The van der Waals surface area contributed by atoms with Crippen LogP contribution in [0.25, 0.3) is 0 Å². The number of nitrogens with one attached hydrogen (secondary N) is 2. The average molecular weight is 526 g/mol. The Morgan fingerprint density at radius 2 is 1.57 bits per heavy atom. The summed E-state index contributed by atoms with van der Waals surface area (Å²) in [5, 5.41) is 2.98. The highest BCUT2D eigenvalue weighted by Crippen LogP contribution is 2.24. The van der Waals surface area contributed by atoms with Gasteiger partial charge in [-0.25, -0.2) is 8.42 Å². The van der Waals surface area contributed by atoms with Gasteiger partial charge >= 0.3 is 0 Å². The van der Waals surface area contributed by atoms with E-state index >= 15 is 0 Å². The molecule has 1 fully saturated rings. The third-order valence-electron chi connectivity index (χ3n) is 6.19. The number of benzene rings is 3. The van der Waals surface area contributed by atoms with Crippen molar-refractivity contribution in [2.24, 2.45) is 0 Å². The standard InChI is InChI=1S/C27H31N3O6S/c1-34-23-10-6-20(7-11-23)26(30-14-16-36-17-15-30)19-28-27(31)21-4-3-5-25(18-21)37(32,33)29-22-8-12-24(35-2)13-9-22/h3-13,18,26,29H,14-17,19H2,1-2H3,(H,28,31)/t26-/m0/s1. The summed E-state index contributed by atoms with van der Waals surface area (Å²) in [7, 11) is -0.734. The molecule has 0 aliphatic carbocycles. The molecular weight excluding hydrogens is 494 g/mol. The highest BCUT2D eigenvalue weighted by Gasteiger charge is 2.24. The van der Waals surface area contributed by atoms with Crippen LogP contribution >= 0.6 is 0 Å². The van der Waals surface area contributed by atoms with E-state index in [1.165, 1.54) is 19.2 Å². The van der Waals surface area contributed by atoms with Crippen molar-refractivity contribution in [3.63, 3.8) is 0 Å². The van der Waals surface area contributed by atoms with E-state index in [2.05, 4.69) is 14.9 Å². The van der Waals surface area contributed by atoms with E-state index in [0.29, 0.717) is 31.2 Å². The molecule has 1 heterocycles. The Bertz CT molecular complexity index is 1290. The second-order valence-electron chi connectivity index (χ2n) is 8.51. The van der Waals surface area contributed by atoms with Crippen molar-refractivity contribution in [2.75, 3.05) is 51.8 Å². The van der Waals surface area contributed by atoms with E-state index in [-0.39, 0.29) is 22.4 Å². The third-order valence-corrected chi connectivity index (χ3v) is 7.57. The summed E-state index contributed by atoms with van der Waals surface area (Å²) in [4.78, 5) is 15.3. The molecule has 3 aromatic rings. The molecule has 0 bridgehead atoms. The van der Waals surface area contributed by atoms with Crippen LogP contribution in [-0.4, -0.2) is 66.3 Å². The molecule has 1 aliphatic heterocycles. The van der Waals surface area contributed by atoms with Gasteiger partial charge in [0.1, 0.15) is 11.5 Å². The maximum Gasteiger partial charge on any atom is 0.261 e. The Balaban J connectivity index is 1.47. The second-order valence-corrected chi connectivity index (χ2v) is 10.2. The van der Waals surface area contributed by atoms with Crippen LogP contribution < -0.4 is 19.5 Å². The molecule has 2 N–H and O–H groups in total. The van der Waals surface area contributed by atoms with E-state index in [0.717, 1.165) is 24.4 Å². The quantitative estimate of drug-likeness (QED) is 0.418. The summed E-state index contributed by atoms with van der Waals surface area (Å²) in [5.41, 5.74) is 1.69. The van der Waals surface area contributed by atoms with Crippen LogP contribution in [0.4, 0.5) is 5.69 Å². The molecule has 10 heteroatoms. The highest BCUT2D eigenvalue weighted by molar-refractivity contribution is 7.92. The normalized spacial score (nSPS) is 15.0. The zero-order chi connectivity index (χ0) is 26.3. The first-order valence-electron chi connectivity index (χ1n) is 11.9. The number of carbonyl (C=O) groups is 1. The van der Waals surface area contributed by atoms with E-state index < -0.39 is 10.0 Å². The number of ether oxygens (including phenoxy) is 3. The minimum absolute atomic E-state index is 0.00384. The molecule has 0 saturated carbocycles. The Labute approximate surface area is 217 Å². The van der Waals surface area contributed by atoms with Gasteiger partial charge in [-0.15, -0.1) is 0 Å². The summed E-state index contributed by atoms with van der Waals surface area (Å²) in [6.45, 7) is 3.10. The summed E-state index contributed by atoms with van der Waals surface area (Å²) in [6, 6.07) is 20.2. The van der Waals surface area contributed by atoms with Crippen LogP contribution in [0.2, 0.25) is 0 Å². The van der Waals surface area contributed by atoms with Crippen LogP contribution in [0, 0.1) is 0 Å². The molecule has 9 nitrogen and oxygen atoms in total. The van der Waals surface area contributed by atoms with Gasteiger partial charge in [0.05, 0.1) is 38.4 Å². The number of anilines is 1. The van der Waals surface area contributed by atoms with Crippen LogP contribution in [0.15, 0.2) is 77.7 Å². The molecule has 1 atom stereocenters. The number of hydrogen-bond acceptors (Lipinski definition) is 7. The van der Waals surface area contributed by atoms with Gasteiger partial charge in [0.2, 0.25) is 0 Å². The molecule has 1 amide bonds. The molecule has 3 aromatic carbocycles. The lowest BCUT2D eigenvalue weighted by molar-refractivity contribution is 0.0162. The molecule has 196 valence electrons. The Hall–Kier alpha value is -3.60. The minimum atomic E-state index is -3.89. The van der Waals surface area contributed by atoms with Gasteiger partial charge in [0.25, 0.3) is 15.9 Å². The molecule has 37 heavy (non-hydrogen) atoms. The lowest BCUT2D eigenvalue weighted by Crippen LogP contribution is -2.43. The predicted octanol–water partition coefficient (Wildman–Crippen LogP) is 3.31. The maximum absolute atomic E-state index is 13.1. The zero-order valence-electron chi connectivity index (χ0n) is 20.8. The molecule has 0 radical (unpaired) electrons. The van der Waals surface area contributed by atoms with Crippen LogP contribution in [-0.2, 0) is 14.8 Å². The van der Waals surface area contributed by atoms with Crippen molar-refractivity contribution in [1.82, 2.24) is 10.2 Å². The van der Waals surface area contributed by atoms with Crippen LogP contribution in [0.5, 0.6) is 11.5 Å².